The Bertz CT molecular complexity index is 637. The highest BCUT2D eigenvalue weighted by atomic mass is 16.5. The number of anilines is 1. The summed E-state index contributed by atoms with van der Waals surface area (Å²) >= 11 is 0. The van der Waals surface area contributed by atoms with Crippen LogP contribution in [0.1, 0.15) is 29.5 Å². The van der Waals surface area contributed by atoms with Gasteiger partial charge in [0.25, 0.3) is 0 Å². The first-order valence-corrected chi connectivity index (χ1v) is 8.22. The van der Waals surface area contributed by atoms with Crippen LogP contribution in [0.3, 0.4) is 0 Å². The first-order valence-electron chi connectivity index (χ1n) is 8.22. The van der Waals surface area contributed by atoms with E-state index in [1.807, 2.05) is 0 Å². The van der Waals surface area contributed by atoms with Gasteiger partial charge in [-0.15, -0.1) is 0 Å². The van der Waals surface area contributed by atoms with Gasteiger partial charge in [-0.25, -0.2) is 0 Å². The molecule has 1 atom stereocenters. The van der Waals surface area contributed by atoms with E-state index < -0.39 is 0 Å². The Morgan fingerprint density at radius 2 is 1.91 bits per heavy atom. The summed E-state index contributed by atoms with van der Waals surface area (Å²) in [6, 6.07) is 15.1. The standard InChI is InChI=1S/C20H28N2O/c1-5-15-9-10-20(23-4)17(11-15)12-18(14-21)16-7-6-8-19(13-16)22(2)3/h6-11,13,18H,5,12,14,21H2,1-4H3. The van der Waals surface area contributed by atoms with Crippen molar-refractivity contribution in [3.63, 3.8) is 0 Å². The minimum Gasteiger partial charge on any atom is -0.496 e. The molecule has 124 valence electrons. The van der Waals surface area contributed by atoms with Crippen LogP contribution in [0.5, 0.6) is 5.75 Å². The average molecular weight is 312 g/mol. The Hall–Kier alpha value is -2.00. The normalized spacial score (nSPS) is 12.0. The Morgan fingerprint density at radius 3 is 2.52 bits per heavy atom. The van der Waals surface area contributed by atoms with E-state index in [1.54, 1.807) is 7.11 Å². The highest BCUT2D eigenvalue weighted by Gasteiger charge is 2.15. The molecule has 0 radical (unpaired) electrons. The molecule has 0 saturated heterocycles. The summed E-state index contributed by atoms with van der Waals surface area (Å²) < 4.78 is 5.54. The van der Waals surface area contributed by atoms with Crippen molar-refractivity contribution in [1.82, 2.24) is 0 Å². The Kier molecular flexibility index (Phi) is 6.05. The summed E-state index contributed by atoms with van der Waals surface area (Å²) in [4.78, 5) is 2.12. The van der Waals surface area contributed by atoms with Crippen LogP contribution in [-0.4, -0.2) is 27.7 Å². The zero-order valence-corrected chi connectivity index (χ0v) is 14.7. The maximum atomic E-state index is 6.09. The molecule has 0 aromatic heterocycles. The third kappa shape index (κ3) is 4.26. The van der Waals surface area contributed by atoms with Crippen molar-refractivity contribution in [3.05, 3.63) is 59.2 Å². The highest BCUT2D eigenvalue weighted by molar-refractivity contribution is 5.48. The molecule has 0 spiro atoms. The Labute approximate surface area is 140 Å². The molecular weight excluding hydrogens is 284 g/mol. The van der Waals surface area contributed by atoms with Crippen molar-refractivity contribution < 1.29 is 4.74 Å². The van der Waals surface area contributed by atoms with E-state index >= 15 is 0 Å². The second kappa shape index (κ2) is 8.02. The zero-order chi connectivity index (χ0) is 16.8. The SMILES string of the molecule is CCc1ccc(OC)c(CC(CN)c2cccc(N(C)C)c2)c1. The molecule has 2 N–H and O–H groups in total. The second-order valence-electron chi connectivity index (χ2n) is 6.13. The molecule has 2 aromatic carbocycles. The van der Waals surface area contributed by atoms with Crippen LogP contribution in [0, 0.1) is 0 Å². The fourth-order valence-corrected chi connectivity index (χ4v) is 2.87. The topological polar surface area (TPSA) is 38.5 Å². The van der Waals surface area contributed by atoms with Crippen molar-refractivity contribution >= 4 is 5.69 Å². The molecule has 1 unspecified atom stereocenters. The van der Waals surface area contributed by atoms with Crippen molar-refractivity contribution in [3.8, 4) is 5.75 Å². The summed E-state index contributed by atoms with van der Waals surface area (Å²) in [5.41, 5.74) is 11.1. The largest absolute Gasteiger partial charge is 0.496 e. The van der Waals surface area contributed by atoms with Gasteiger partial charge in [0, 0.05) is 25.7 Å². The van der Waals surface area contributed by atoms with Gasteiger partial charge in [0.15, 0.2) is 0 Å². The van der Waals surface area contributed by atoms with Gasteiger partial charge in [-0.05, 0) is 54.3 Å². The number of nitrogens with zero attached hydrogens (tertiary/aromatic N) is 1. The molecule has 0 bridgehead atoms. The predicted octanol–water partition coefficient (Wildman–Crippen LogP) is 3.61. The van der Waals surface area contributed by atoms with Gasteiger partial charge in [-0.3, -0.25) is 0 Å². The number of hydrogen-bond acceptors (Lipinski definition) is 3. The lowest BCUT2D eigenvalue weighted by Crippen LogP contribution is -2.16. The minimum absolute atomic E-state index is 0.288. The number of nitrogens with two attached hydrogens (primary N) is 1. The van der Waals surface area contributed by atoms with Crippen LogP contribution in [0.25, 0.3) is 0 Å². The summed E-state index contributed by atoms with van der Waals surface area (Å²) in [6.45, 7) is 2.79. The molecule has 0 saturated carbocycles. The number of ether oxygens (including phenoxy) is 1. The molecule has 0 fully saturated rings. The molecule has 3 heteroatoms. The van der Waals surface area contributed by atoms with E-state index in [9.17, 15) is 0 Å². The average Bonchev–Trinajstić information content (AvgIpc) is 2.59. The molecular formula is C20H28N2O. The van der Waals surface area contributed by atoms with Gasteiger partial charge in [0.05, 0.1) is 7.11 Å². The smallest absolute Gasteiger partial charge is 0.122 e. The zero-order valence-electron chi connectivity index (χ0n) is 14.7. The summed E-state index contributed by atoms with van der Waals surface area (Å²) in [6.07, 6.45) is 1.92. The predicted molar refractivity (Wildman–Crippen MR) is 98.6 cm³/mol. The molecule has 2 aromatic rings. The highest BCUT2D eigenvalue weighted by Crippen LogP contribution is 2.28. The molecule has 0 aliphatic heterocycles. The number of aryl methyl sites for hydroxylation is 1. The van der Waals surface area contributed by atoms with Crippen LogP contribution in [0.15, 0.2) is 42.5 Å². The Morgan fingerprint density at radius 1 is 1.13 bits per heavy atom. The Balaban J connectivity index is 2.30. The van der Waals surface area contributed by atoms with Crippen LogP contribution in [-0.2, 0) is 12.8 Å². The van der Waals surface area contributed by atoms with E-state index in [0.29, 0.717) is 6.54 Å². The van der Waals surface area contributed by atoms with E-state index in [4.69, 9.17) is 10.5 Å². The van der Waals surface area contributed by atoms with Crippen LogP contribution in [0.2, 0.25) is 0 Å². The number of rotatable bonds is 7. The molecule has 0 aliphatic rings. The quantitative estimate of drug-likeness (QED) is 0.849. The lowest BCUT2D eigenvalue weighted by atomic mass is 9.90. The van der Waals surface area contributed by atoms with Crippen LogP contribution in [0.4, 0.5) is 5.69 Å². The fraction of sp³-hybridized carbons (Fsp3) is 0.400. The molecule has 23 heavy (non-hydrogen) atoms. The van der Waals surface area contributed by atoms with E-state index in [2.05, 4.69) is 68.4 Å². The fourth-order valence-electron chi connectivity index (χ4n) is 2.87. The van der Waals surface area contributed by atoms with E-state index in [-0.39, 0.29) is 5.92 Å². The van der Waals surface area contributed by atoms with Crippen molar-refractivity contribution in [2.75, 3.05) is 32.6 Å². The van der Waals surface area contributed by atoms with Gasteiger partial charge in [-0.1, -0.05) is 31.2 Å². The minimum atomic E-state index is 0.288. The van der Waals surface area contributed by atoms with E-state index in [0.717, 1.165) is 18.6 Å². The second-order valence-corrected chi connectivity index (χ2v) is 6.13. The third-order valence-corrected chi connectivity index (χ3v) is 4.36. The van der Waals surface area contributed by atoms with Gasteiger partial charge in [0.1, 0.15) is 5.75 Å². The van der Waals surface area contributed by atoms with Gasteiger partial charge in [0.2, 0.25) is 0 Å². The number of benzene rings is 2. The van der Waals surface area contributed by atoms with Crippen LogP contribution >= 0.6 is 0 Å². The molecule has 0 amide bonds. The van der Waals surface area contributed by atoms with Crippen LogP contribution < -0.4 is 15.4 Å². The maximum absolute atomic E-state index is 6.09. The van der Waals surface area contributed by atoms with Crippen molar-refractivity contribution in [2.45, 2.75) is 25.7 Å². The first kappa shape index (κ1) is 17.4. The van der Waals surface area contributed by atoms with Gasteiger partial charge < -0.3 is 15.4 Å². The lowest BCUT2D eigenvalue weighted by Gasteiger charge is -2.20. The van der Waals surface area contributed by atoms with Crippen molar-refractivity contribution in [1.29, 1.82) is 0 Å². The van der Waals surface area contributed by atoms with Crippen molar-refractivity contribution in [2.24, 2.45) is 5.73 Å². The lowest BCUT2D eigenvalue weighted by molar-refractivity contribution is 0.408. The summed E-state index contributed by atoms with van der Waals surface area (Å²) in [5, 5.41) is 0. The first-order chi connectivity index (χ1) is 11.1. The number of methoxy groups -OCH3 is 1. The molecule has 2 rings (SSSR count). The van der Waals surface area contributed by atoms with Gasteiger partial charge in [-0.2, -0.15) is 0 Å². The van der Waals surface area contributed by atoms with E-state index in [1.165, 1.54) is 22.4 Å². The summed E-state index contributed by atoms with van der Waals surface area (Å²) in [7, 11) is 5.85. The monoisotopic (exact) mass is 312 g/mol. The molecule has 0 aliphatic carbocycles. The number of hydrogen-bond donors (Lipinski definition) is 1. The maximum Gasteiger partial charge on any atom is 0.122 e. The third-order valence-electron chi connectivity index (χ3n) is 4.36. The summed E-state index contributed by atoms with van der Waals surface area (Å²) in [5.74, 6) is 1.24. The van der Waals surface area contributed by atoms with Gasteiger partial charge >= 0.3 is 0 Å². The molecule has 0 heterocycles. The molecule has 3 nitrogen and oxygen atoms in total.